The maximum absolute atomic E-state index is 12.3. The third-order valence-corrected chi connectivity index (χ3v) is 4.50. The third-order valence-electron chi connectivity index (χ3n) is 4.50. The van der Waals surface area contributed by atoms with E-state index in [2.05, 4.69) is 32.6 Å². The molecule has 0 aromatic carbocycles. The molecule has 1 unspecified atom stereocenters. The topological polar surface area (TPSA) is 76.4 Å². The zero-order chi connectivity index (χ0) is 22.3. The van der Waals surface area contributed by atoms with Gasteiger partial charge in [0.15, 0.2) is 12.6 Å². The first-order valence-corrected chi connectivity index (χ1v) is 9.77. The smallest absolute Gasteiger partial charge is 0.422 e. The molecule has 2 N–H and O–H groups in total. The number of nitrogens with one attached hydrogen (secondary N) is 2. The van der Waals surface area contributed by atoms with Crippen molar-refractivity contribution in [1.29, 1.82) is 0 Å². The predicted molar refractivity (Wildman–Crippen MR) is 125 cm³/mol. The van der Waals surface area contributed by atoms with Gasteiger partial charge < -0.3 is 15.4 Å². The van der Waals surface area contributed by atoms with Crippen molar-refractivity contribution < 1.29 is 17.9 Å². The van der Waals surface area contributed by atoms with E-state index in [0.717, 1.165) is 17.8 Å². The number of aliphatic imine (C=N–C) groups is 1. The molecule has 1 atom stereocenters. The van der Waals surface area contributed by atoms with Crippen LogP contribution < -0.4 is 15.4 Å². The molecule has 174 valence electrons. The number of rotatable bonds is 8. The van der Waals surface area contributed by atoms with Gasteiger partial charge in [-0.2, -0.15) is 18.3 Å². The lowest BCUT2D eigenvalue weighted by Crippen LogP contribution is -2.43. The fourth-order valence-corrected chi connectivity index (χ4v) is 2.98. The van der Waals surface area contributed by atoms with E-state index in [1.54, 1.807) is 6.07 Å². The van der Waals surface area contributed by atoms with Crippen LogP contribution in [0.4, 0.5) is 13.2 Å². The second-order valence-electron chi connectivity index (χ2n) is 7.12. The van der Waals surface area contributed by atoms with Gasteiger partial charge in [0.05, 0.1) is 12.2 Å². The Morgan fingerprint density at radius 2 is 2.03 bits per heavy atom. The third kappa shape index (κ3) is 8.91. The molecular weight excluding hydrogens is 524 g/mol. The van der Waals surface area contributed by atoms with Gasteiger partial charge in [0.25, 0.3) is 0 Å². The molecule has 0 saturated heterocycles. The minimum atomic E-state index is -4.40. The lowest BCUT2D eigenvalue weighted by atomic mass is 10.1. The Kier molecular flexibility index (Phi) is 10.5. The van der Waals surface area contributed by atoms with Crippen molar-refractivity contribution in [3.63, 3.8) is 0 Å². The summed E-state index contributed by atoms with van der Waals surface area (Å²) in [6.45, 7) is 7.65. The van der Waals surface area contributed by atoms with Crippen LogP contribution >= 0.6 is 24.0 Å². The fraction of sp³-hybridized carbons (Fsp3) is 0.550. The Labute approximate surface area is 197 Å². The van der Waals surface area contributed by atoms with Crippen LogP contribution in [0.2, 0.25) is 0 Å². The Morgan fingerprint density at radius 1 is 1.32 bits per heavy atom. The normalized spacial score (nSPS) is 12.8. The molecular formula is C20H30F3IN6O. The lowest BCUT2D eigenvalue weighted by molar-refractivity contribution is -0.154. The van der Waals surface area contributed by atoms with Gasteiger partial charge >= 0.3 is 6.18 Å². The Hall–Kier alpha value is -2.05. The molecule has 2 aromatic heterocycles. The summed E-state index contributed by atoms with van der Waals surface area (Å²) in [5.74, 6) is 0.549. The van der Waals surface area contributed by atoms with Crippen molar-refractivity contribution in [3.8, 4) is 5.88 Å². The summed E-state index contributed by atoms with van der Waals surface area (Å²) in [7, 11) is 1.93. The summed E-state index contributed by atoms with van der Waals surface area (Å²) in [5.41, 5.74) is 4.04. The number of guanidine groups is 1. The average molecular weight is 554 g/mol. The maximum atomic E-state index is 12.3. The molecule has 0 saturated carbocycles. The Bertz CT molecular complexity index is 869. The zero-order valence-corrected chi connectivity index (χ0v) is 20.7. The van der Waals surface area contributed by atoms with E-state index in [9.17, 15) is 13.2 Å². The number of hydrogen-bond donors (Lipinski definition) is 2. The molecule has 0 spiro atoms. The number of alkyl halides is 3. The molecule has 7 nitrogen and oxygen atoms in total. The van der Waals surface area contributed by atoms with Crippen molar-refractivity contribution in [2.45, 2.75) is 52.9 Å². The number of ether oxygens (including phenoxy) is 1. The van der Waals surface area contributed by atoms with E-state index in [4.69, 9.17) is 4.74 Å². The molecule has 0 aliphatic rings. The molecule has 31 heavy (non-hydrogen) atoms. The van der Waals surface area contributed by atoms with Gasteiger partial charge in [0.1, 0.15) is 0 Å². The quantitative estimate of drug-likeness (QED) is 0.296. The van der Waals surface area contributed by atoms with E-state index in [1.165, 1.54) is 17.8 Å². The number of halogens is 4. The first-order valence-electron chi connectivity index (χ1n) is 9.77. The molecule has 2 aromatic rings. The van der Waals surface area contributed by atoms with Crippen LogP contribution in [-0.4, -0.2) is 46.1 Å². The van der Waals surface area contributed by atoms with E-state index in [-0.39, 0.29) is 42.4 Å². The van der Waals surface area contributed by atoms with Gasteiger partial charge in [-0.3, -0.25) is 4.68 Å². The second kappa shape index (κ2) is 12.1. The van der Waals surface area contributed by atoms with Gasteiger partial charge in [-0.25, -0.2) is 9.98 Å². The maximum Gasteiger partial charge on any atom is 0.422 e. The molecule has 2 rings (SSSR count). The van der Waals surface area contributed by atoms with Crippen LogP contribution in [0.3, 0.4) is 0 Å². The highest BCUT2D eigenvalue weighted by atomic mass is 127. The molecule has 0 aliphatic carbocycles. The standard InChI is InChI=1S/C20H29F3N6O.HI/c1-6-24-19(27-13(2)9-17-14(3)28-29(5)15(17)4)26-11-16-7-8-25-18(10-16)30-12-20(21,22)23;/h7-8,10,13H,6,9,11-12H2,1-5H3,(H2,24,26,27);1H. The molecule has 0 radical (unpaired) electrons. The summed E-state index contributed by atoms with van der Waals surface area (Å²) < 4.78 is 43.5. The van der Waals surface area contributed by atoms with Gasteiger partial charge in [-0.1, -0.05) is 0 Å². The van der Waals surface area contributed by atoms with Crippen LogP contribution in [0.25, 0.3) is 0 Å². The van der Waals surface area contributed by atoms with Crippen molar-refractivity contribution in [2.75, 3.05) is 13.2 Å². The van der Waals surface area contributed by atoms with E-state index >= 15 is 0 Å². The molecule has 0 bridgehead atoms. The zero-order valence-electron chi connectivity index (χ0n) is 18.4. The molecule has 0 fully saturated rings. The summed E-state index contributed by atoms with van der Waals surface area (Å²) in [5, 5.41) is 11.0. The summed E-state index contributed by atoms with van der Waals surface area (Å²) in [6, 6.07) is 3.26. The second-order valence-corrected chi connectivity index (χ2v) is 7.12. The van der Waals surface area contributed by atoms with Crippen LogP contribution in [0.15, 0.2) is 23.3 Å². The van der Waals surface area contributed by atoms with E-state index < -0.39 is 12.8 Å². The fourth-order valence-electron chi connectivity index (χ4n) is 2.98. The number of pyridine rings is 1. The minimum absolute atomic E-state index is 0. The number of hydrogen-bond acceptors (Lipinski definition) is 4. The SMILES string of the molecule is CCNC(=NCc1ccnc(OCC(F)(F)F)c1)NC(C)Cc1c(C)nn(C)c1C.I. The molecule has 2 heterocycles. The lowest BCUT2D eigenvalue weighted by Gasteiger charge is -2.18. The molecule has 0 aliphatic heterocycles. The van der Waals surface area contributed by atoms with Gasteiger partial charge in [0.2, 0.25) is 5.88 Å². The van der Waals surface area contributed by atoms with Gasteiger partial charge in [-0.05, 0) is 51.3 Å². The summed E-state index contributed by atoms with van der Waals surface area (Å²) in [6.07, 6.45) is -2.20. The first kappa shape index (κ1) is 27.0. The molecule has 11 heteroatoms. The number of aryl methyl sites for hydroxylation is 2. The van der Waals surface area contributed by atoms with Gasteiger partial charge in [0, 0.05) is 37.6 Å². The predicted octanol–water partition coefficient (Wildman–Crippen LogP) is 3.68. The number of nitrogens with zero attached hydrogens (tertiary/aromatic N) is 4. The van der Waals surface area contributed by atoms with Crippen molar-refractivity contribution in [2.24, 2.45) is 12.0 Å². The van der Waals surface area contributed by atoms with Crippen molar-refractivity contribution in [1.82, 2.24) is 25.4 Å². The van der Waals surface area contributed by atoms with E-state index in [1.807, 2.05) is 32.5 Å². The summed E-state index contributed by atoms with van der Waals surface area (Å²) >= 11 is 0. The minimum Gasteiger partial charge on any atom is -0.468 e. The summed E-state index contributed by atoms with van der Waals surface area (Å²) in [4.78, 5) is 8.34. The van der Waals surface area contributed by atoms with Crippen LogP contribution in [0.1, 0.15) is 36.4 Å². The Morgan fingerprint density at radius 3 is 2.61 bits per heavy atom. The van der Waals surface area contributed by atoms with Crippen LogP contribution in [0.5, 0.6) is 5.88 Å². The van der Waals surface area contributed by atoms with Crippen LogP contribution in [0, 0.1) is 13.8 Å². The monoisotopic (exact) mass is 554 g/mol. The Balaban J connectivity index is 0.00000480. The molecule has 0 amide bonds. The first-order chi connectivity index (χ1) is 14.1. The van der Waals surface area contributed by atoms with Crippen LogP contribution in [-0.2, 0) is 20.0 Å². The van der Waals surface area contributed by atoms with E-state index in [0.29, 0.717) is 18.1 Å². The van der Waals surface area contributed by atoms with Crippen molar-refractivity contribution >= 4 is 29.9 Å². The highest BCUT2D eigenvalue weighted by Crippen LogP contribution is 2.18. The number of aromatic nitrogens is 3. The van der Waals surface area contributed by atoms with Crippen molar-refractivity contribution in [3.05, 3.63) is 40.8 Å². The highest BCUT2D eigenvalue weighted by Gasteiger charge is 2.28. The van der Waals surface area contributed by atoms with Gasteiger partial charge in [-0.15, -0.1) is 24.0 Å². The highest BCUT2D eigenvalue weighted by molar-refractivity contribution is 14.0. The average Bonchev–Trinajstić information content (AvgIpc) is 2.90. The largest absolute Gasteiger partial charge is 0.468 e.